The maximum Gasteiger partial charge on any atom is 0.164 e. The van der Waals surface area contributed by atoms with Crippen molar-refractivity contribution in [3.8, 4) is 11.4 Å². The fraction of sp³-hybridized carbons (Fsp3) is 0.333. The fourth-order valence-corrected chi connectivity index (χ4v) is 1.84. The second-order valence-electron chi connectivity index (χ2n) is 3.75. The topological polar surface area (TPSA) is 39.9 Å². The number of halogens is 1. The summed E-state index contributed by atoms with van der Waals surface area (Å²) in [4.78, 5) is 0. The first-order valence-electron chi connectivity index (χ1n) is 5.36. The fourth-order valence-electron chi connectivity index (χ4n) is 1.67. The summed E-state index contributed by atoms with van der Waals surface area (Å²) < 4.78 is 7.02. The first-order chi connectivity index (χ1) is 8.24. The Labute approximate surface area is 105 Å². The van der Waals surface area contributed by atoms with E-state index in [-0.39, 0.29) is 0 Å². The number of ether oxygens (including phenoxy) is 1. The predicted molar refractivity (Wildman–Crippen MR) is 67.1 cm³/mol. The highest BCUT2D eigenvalue weighted by atomic mass is 35.5. The van der Waals surface area contributed by atoms with Gasteiger partial charge in [-0.3, -0.25) is 0 Å². The highest BCUT2D eigenvalue weighted by molar-refractivity contribution is 6.31. The predicted octanol–water partition coefficient (Wildman–Crippen LogP) is 2.55. The molecule has 0 bridgehead atoms. The molecule has 0 saturated carbocycles. The number of aromatic nitrogens is 3. The Morgan fingerprint density at radius 1 is 1.41 bits per heavy atom. The molecule has 90 valence electrons. The Morgan fingerprint density at radius 3 is 3.00 bits per heavy atom. The van der Waals surface area contributed by atoms with Crippen LogP contribution in [0.15, 0.2) is 24.5 Å². The van der Waals surface area contributed by atoms with E-state index in [9.17, 15) is 0 Å². The molecule has 1 aromatic carbocycles. The lowest BCUT2D eigenvalue weighted by Gasteiger charge is -2.09. The van der Waals surface area contributed by atoms with Crippen LogP contribution in [0.4, 0.5) is 0 Å². The van der Waals surface area contributed by atoms with Crippen molar-refractivity contribution < 1.29 is 4.74 Å². The third-order valence-electron chi connectivity index (χ3n) is 2.66. The minimum absolute atomic E-state index is 0.630. The molecule has 0 aliphatic rings. The average molecular weight is 252 g/mol. The van der Waals surface area contributed by atoms with E-state index < -0.39 is 0 Å². The molecule has 0 amide bonds. The van der Waals surface area contributed by atoms with Crippen LogP contribution >= 0.6 is 11.6 Å². The third kappa shape index (κ3) is 2.48. The molecule has 4 nitrogen and oxygen atoms in total. The van der Waals surface area contributed by atoms with E-state index in [1.54, 1.807) is 13.4 Å². The zero-order valence-corrected chi connectivity index (χ0v) is 10.6. The summed E-state index contributed by atoms with van der Waals surface area (Å²) in [6.07, 6.45) is 1.70. The van der Waals surface area contributed by atoms with Crippen molar-refractivity contribution in [3.05, 3.63) is 35.1 Å². The highest BCUT2D eigenvalue weighted by Crippen LogP contribution is 2.26. The maximum absolute atomic E-state index is 6.11. The molecule has 1 heterocycles. The quantitative estimate of drug-likeness (QED) is 0.839. The van der Waals surface area contributed by atoms with E-state index in [4.69, 9.17) is 16.3 Å². The number of benzene rings is 1. The number of hydrogen-bond donors (Lipinski definition) is 0. The lowest BCUT2D eigenvalue weighted by molar-refractivity contribution is 0.187. The minimum Gasteiger partial charge on any atom is -0.383 e. The summed E-state index contributed by atoms with van der Waals surface area (Å²) in [6, 6.07) is 5.78. The molecule has 0 spiro atoms. The number of rotatable bonds is 4. The second-order valence-corrected chi connectivity index (χ2v) is 4.16. The molecule has 0 aliphatic carbocycles. The second kappa shape index (κ2) is 5.29. The molecule has 0 radical (unpaired) electrons. The van der Waals surface area contributed by atoms with E-state index in [0.717, 1.165) is 28.5 Å². The standard InChI is InChI=1S/C12H14ClN3O/c1-9-10(4-3-5-11(9)13)12-15-14-8-16(12)6-7-17-2/h3-5,8H,6-7H2,1-2H3. The third-order valence-corrected chi connectivity index (χ3v) is 3.07. The van der Waals surface area contributed by atoms with Gasteiger partial charge >= 0.3 is 0 Å². The van der Waals surface area contributed by atoms with Gasteiger partial charge < -0.3 is 9.30 Å². The Bertz CT molecular complexity index is 510. The van der Waals surface area contributed by atoms with E-state index in [0.29, 0.717) is 6.61 Å². The van der Waals surface area contributed by atoms with Crippen LogP contribution in [0, 0.1) is 6.92 Å². The van der Waals surface area contributed by atoms with Crippen molar-refractivity contribution >= 4 is 11.6 Å². The Morgan fingerprint density at radius 2 is 2.24 bits per heavy atom. The van der Waals surface area contributed by atoms with Crippen LogP contribution < -0.4 is 0 Å². The minimum atomic E-state index is 0.630. The molecule has 0 atom stereocenters. The van der Waals surface area contributed by atoms with E-state index in [1.807, 2.05) is 29.7 Å². The summed E-state index contributed by atoms with van der Waals surface area (Å²) in [5, 5.41) is 8.82. The van der Waals surface area contributed by atoms with Gasteiger partial charge in [-0.1, -0.05) is 23.7 Å². The van der Waals surface area contributed by atoms with E-state index in [1.165, 1.54) is 0 Å². The lowest BCUT2D eigenvalue weighted by atomic mass is 10.1. The van der Waals surface area contributed by atoms with Gasteiger partial charge in [-0.2, -0.15) is 0 Å². The molecule has 0 saturated heterocycles. The molecule has 0 fully saturated rings. The van der Waals surface area contributed by atoms with Gasteiger partial charge in [0.2, 0.25) is 0 Å². The largest absolute Gasteiger partial charge is 0.383 e. The Hall–Kier alpha value is -1.39. The van der Waals surface area contributed by atoms with Crippen LogP contribution in [0.2, 0.25) is 5.02 Å². The normalized spacial score (nSPS) is 10.8. The Kier molecular flexibility index (Phi) is 3.76. The van der Waals surface area contributed by atoms with Crippen molar-refractivity contribution in [2.45, 2.75) is 13.5 Å². The molecule has 1 aromatic heterocycles. The number of methoxy groups -OCH3 is 1. The molecular formula is C12H14ClN3O. The van der Waals surface area contributed by atoms with Crippen LogP contribution in [-0.4, -0.2) is 28.5 Å². The monoisotopic (exact) mass is 251 g/mol. The molecule has 2 rings (SSSR count). The lowest BCUT2D eigenvalue weighted by Crippen LogP contribution is -2.05. The molecule has 17 heavy (non-hydrogen) atoms. The first-order valence-corrected chi connectivity index (χ1v) is 5.74. The summed E-state index contributed by atoms with van der Waals surface area (Å²) in [7, 11) is 1.68. The van der Waals surface area contributed by atoms with Crippen LogP contribution in [0.5, 0.6) is 0 Å². The SMILES string of the molecule is COCCn1cnnc1-c1cccc(Cl)c1C. The average Bonchev–Trinajstić information content (AvgIpc) is 2.78. The zero-order chi connectivity index (χ0) is 12.3. The summed E-state index contributed by atoms with van der Waals surface area (Å²) in [5.74, 6) is 0.821. The van der Waals surface area contributed by atoms with E-state index in [2.05, 4.69) is 10.2 Å². The van der Waals surface area contributed by atoms with Gasteiger partial charge in [0.15, 0.2) is 5.82 Å². The smallest absolute Gasteiger partial charge is 0.164 e. The molecule has 0 N–H and O–H groups in total. The summed E-state index contributed by atoms with van der Waals surface area (Å²) >= 11 is 6.11. The van der Waals surface area contributed by atoms with Crippen molar-refractivity contribution in [3.63, 3.8) is 0 Å². The maximum atomic E-state index is 6.11. The van der Waals surface area contributed by atoms with Crippen molar-refractivity contribution in [1.82, 2.24) is 14.8 Å². The van der Waals surface area contributed by atoms with Gasteiger partial charge in [0.05, 0.1) is 6.61 Å². The molecule has 5 heteroatoms. The summed E-state index contributed by atoms with van der Waals surface area (Å²) in [6.45, 7) is 3.34. The highest BCUT2D eigenvalue weighted by Gasteiger charge is 2.11. The summed E-state index contributed by atoms with van der Waals surface area (Å²) in [5.41, 5.74) is 2.02. The van der Waals surface area contributed by atoms with Crippen LogP contribution in [-0.2, 0) is 11.3 Å². The van der Waals surface area contributed by atoms with Crippen molar-refractivity contribution in [1.29, 1.82) is 0 Å². The van der Waals surface area contributed by atoms with Gasteiger partial charge in [0.25, 0.3) is 0 Å². The van der Waals surface area contributed by atoms with Crippen LogP contribution in [0.1, 0.15) is 5.56 Å². The molecule has 0 unspecified atom stereocenters. The first kappa shape index (κ1) is 12.1. The van der Waals surface area contributed by atoms with Gasteiger partial charge in [-0.05, 0) is 18.6 Å². The van der Waals surface area contributed by atoms with Gasteiger partial charge in [-0.15, -0.1) is 10.2 Å². The Balaban J connectivity index is 2.39. The van der Waals surface area contributed by atoms with Crippen molar-refractivity contribution in [2.24, 2.45) is 0 Å². The van der Waals surface area contributed by atoms with Gasteiger partial charge in [0, 0.05) is 24.2 Å². The van der Waals surface area contributed by atoms with Crippen LogP contribution in [0.25, 0.3) is 11.4 Å². The number of nitrogens with zero attached hydrogens (tertiary/aromatic N) is 3. The van der Waals surface area contributed by atoms with Crippen molar-refractivity contribution in [2.75, 3.05) is 13.7 Å². The van der Waals surface area contributed by atoms with Gasteiger partial charge in [-0.25, -0.2) is 0 Å². The molecular weight excluding hydrogens is 238 g/mol. The van der Waals surface area contributed by atoms with Gasteiger partial charge in [0.1, 0.15) is 6.33 Å². The number of hydrogen-bond acceptors (Lipinski definition) is 3. The molecule has 2 aromatic rings. The zero-order valence-electron chi connectivity index (χ0n) is 9.85. The molecule has 0 aliphatic heterocycles. The van der Waals surface area contributed by atoms with E-state index >= 15 is 0 Å². The van der Waals surface area contributed by atoms with Crippen LogP contribution in [0.3, 0.4) is 0 Å².